The number of halogens is 3. The smallest absolute Gasteiger partial charge is 0.422 e. The summed E-state index contributed by atoms with van der Waals surface area (Å²) in [6.07, 6.45) is -3.06. The molecule has 1 aromatic rings. The van der Waals surface area contributed by atoms with Gasteiger partial charge in [0.1, 0.15) is 0 Å². The van der Waals surface area contributed by atoms with Gasteiger partial charge in [-0.15, -0.1) is 11.8 Å². The molecule has 0 aliphatic carbocycles. The minimum Gasteiger partial charge on any atom is -0.468 e. The van der Waals surface area contributed by atoms with Crippen LogP contribution in [0.5, 0.6) is 5.88 Å². The van der Waals surface area contributed by atoms with E-state index in [1.807, 2.05) is 0 Å². The number of nitrogens with one attached hydrogen (secondary N) is 2. The largest absolute Gasteiger partial charge is 0.468 e. The van der Waals surface area contributed by atoms with Gasteiger partial charge < -0.3 is 10.1 Å². The highest BCUT2D eigenvalue weighted by Gasteiger charge is 2.28. The van der Waals surface area contributed by atoms with E-state index in [0.717, 1.165) is 5.88 Å². The van der Waals surface area contributed by atoms with E-state index >= 15 is 0 Å². The van der Waals surface area contributed by atoms with Crippen LogP contribution < -0.4 is 15.4 Å². The van der Waals surface area contributed by atoms with E-state index in [0.29, 0.717) is 11.3 Å². The molecule has 5 nitrogen and oxygen atoms in total. The summed E-state index contributed by atoms with van der Waals surface area (Å²) in [5.74, 6) is 1.20. The predicted molar refractivity (Wildman–Crippen MR) is 71.9 cm³/mol. The first-order valence-corrected chi connectivity index (χ1v) is 7.33. The zero-order chi connectivity index (χ0) is 15.3. The first-order valence-electron chi connectivity index (χ1n) is 6.17. The SMILES string of the molecule is O=C(NCc1ccnc(OCC(F)(F)F)c1)C1CSCN1. The maximum absolute atomic E-state index is 12.0. The fourth-order valence-electron chi connectivity index (χ4n) is 1.67. The van der Waals surface area contributed by atoms with Crippen LogP contribution in [0.3, 0.4) is 0 Å². The zero-order valence-corrected chi connectivity index (χ0v) is 11.8. The van der Waals surface area contributed by atoms with Crippen LogP contribution in [0.15, 0.2) is 18.3 Å². The van der Waals surface area contributed by atoms with E-state index < -0.39 is 12.8 Å². The highest BCUT2D eigenvalue weighted by molar-refractivity contribution is 7.99. The maximum atomic E-state index is 12.0. The van der Waals surface area contributed by atoms with Gasteiger partial charge in [0, 0.05) is 30.4 Å². The second-order valence-corrected chi connectivity index (χ2v) is 5.43. The minimum atomic E-state index is -4.41. The Hall–Kier alpha value is -1.48. The molecule has 0 spiro atoms. The highest BCUT2D eigenvalue weighted by Crippen LogP contribution is 2.17. The first kappa shape index (κ1) is 15.9. The lowest BCUT2D eigenvalue weighted by atomic mass is 10.2. The Morgan fingerprint density at radius 1 is 1.57 bits per heavy atom. The van der Waals surface area contributed by atoms with Crippen LogP contribution in [0.2, 0.25) is 0 Å². The van der Waals surface area contributed by atoms with Crippen LogP contribution in [0.25, 0.3) is 0 Å². The Kier molecular flexibility index (Phi) is 5.29. The molecule has 21 heavy (non-hydrogen) atoms. The number of aromatic nitrogens is 1. The van der Waals surface area contributed by atoms with Crippen molar-refractivity contribution in [2.75, 3.05) is 18.2 Å². The van der Waals surface area contributed by atoms with Crippen LogP contribution in [0.4, 0.5) is 13.2 Å². The predicted octanol–water partition coefficient (Wildman–Crippen LogP) is 1.30. The lowest BCUT2D eigenvalue weighted by molar-refractivity contribution is -0.154. The number of ether oxygens (including phenoxy) is 1. The topological polar surface area (TPSA) is 63.2 Å². The van der Waals surface area contributed by atoms with Gasteiger partial charge in [-0.25, -0.2) is 4.98 Å². The molecule has 0 aromatic carbocycles. The second kappa shape index (κ2) is 6.99. The van der Waals surface area contributed by atoms with Gasteiger partial charge in [0.15, 0.2) is 6.61 Å². The fraction of sp³-hybridized carbons (Fsp3) is 0.500. The zero-order valence-electron chi connectivity index (χ0n) is 10.9. The van der Waals surface area contributed by atoms with Crippen molar-refractivity contribution < 1.29 is 22.7 Å². The summed E-state index contributed by atoms with van der Waals surface area (Å²) in [5, 5.41) is 5.75. The molecule has 1 aliphatic rings. The molecule has 9 heteroatoms. The van der Waals surface area contributed by atoms with Crippen molar-refractivity contribution in [2.24, 2.45) is 0 Å². The molecule has 1 aliphatic heterocycles. The third kappa shape index (κ3) is 5.43. The summed E-state index contributed by atoms with van der Waals surface area (Å²) in [7, 11) is 0. The van der Waals surface area contributed by atoms with Gasteiger partial charge in [-0.1, -0.05) is 0 Å². The van der Waals surface area contributed by atoms with Crippen molar-refractivity contribution in [3.63, 3.8) is 0 Å². The quantitative estimate of drug-likeness (QED) is 0.856. The van der Waals surface area contributed by atoms with Gasteiger partial charge in [-0.2, -0.15) is 13.2 Å². The monoisotopic (exact) mass is 321 g/mol. The van der Waals surface area contributed by atoms with Crippen molar-refractivity contribution in [1.82, 2.24) is 15.6 Å². The second-order valence-electron chi connectivity index (χ2n) is 4.40. The molecular formula is C12H14F3N3O2S. The number of pyridine rings is 1. The number of hydrogen-bond acceptors (Lipinski definition) is 5. The van der Waals surface area contributed by atoms with Gasteiger partial charge in [0.25, 0.3) is 0 Å². The van der Waals surface area contributed by atoms with Crippen LogP contribution >= 0.6 is 11.8 Å². The molecule has 1 fully saturated rings. The lowest BCUT2D eigenvalue weighted by Crippen LogP contribution is -2.41. The van der Waals surface area contributed by atoms with Crippen LogP contribution in [-0.4, -0.2) is 41.3 Å². The third-order valence-corrected chi connectivity index (χ3v) is 3.62. The average Bonchev–Trinajstić information content (AvgIpc) is 2.96. The number of hydrogen-bond donors (Lipinski definition) is 2. The van der Waals surface area contributed by atoms with E-state index in [1.54, 1.807) is 17.8 Å². The molecule has 2 rings (SSSR count). The minimum absolute atomic E-state index is 0.117. The molecule has 2 heterocycles. The molecule has 1 saturated heterocycles. The van der Waals surface area contributed by atoms with Crippen molar-refractivity contribution in [3.05, 3.63) is 23.9 Å². The van der Waals surface area contributed by atoms with Crippen molar-refractivity contribution in [1.29, 1.82) is 0 Å². The van der Waals surface area contributed by atoms with Crippen LogP contribution in [0, 0.1) is 0 Å². The van der Waals surface area contributed by atoms with Gasteiger partial charge >= 0.3 is 6.18 Å². The average molecular weight is 321 g/mol. The Labute approximate surface area is 123 Å². The summed E-state index contributed by atoms with van der Waals surface area (Å²) in [4.78, 5) is 15.5. The van der Waals surface area contributed by atoms with E-state index in [-0.39, 0.29) is 24.4 Å². The Bertz CT molecular complexity index is 493. The van der Waals surface area contributed by atoms with Crippen molar-refractivity contribution >= 4 is 17.7 Å². The maximum Gasteiger partial charge on any atom is 0.422 e. The number of alkyl halides is 3. The molecule has 1 aromatic heterocycles. The number of carbonyl (C=O) groups excluding carboxylic acids is 1. The van der Waals surface area contributed by atoms with Gasteiger partial charge in [-0.05, 0) is 11.6 Å². The summed E-state index contributed by atoms with van der Waals surface area (Å²) in [5.41, 5.74) is 0.626. The molecule has 1 amide bonds. The molecule has 1 atom stereocenters. The van der Waals surface area contributed by atoms with Crippen LogP contribution in [0.1, 0.15) is 5.56 Å². The van der Waals surface area contributed by atoms with Crippen LogP contribution in [-0.2, 0) is 11.3 Å². The number of rotatable bonds is 5. The normalized spacial score (nSPS) is 18.5. The third-order valence-electron chi connectivity index (χ3n) is 2.68. The summed E-state index contributed by atoms with van der Waals surface area (Å²) in [6, 6.07) is 2.76. The summed E-state index contributed by atoms with van der Waals surface area (Å²) >= 11 is 1.64. The van der Waals surface area contributed by atoms with Crippen molar-refractivity contribution in [3.8, 4) is 5.88 Å². The molecule has 0 saturated carbocycles. The fourth-order valence-corrected chi connectivity index (χ4v) is 2.61. The first-order chi connectivity index (χ1) is 9.94. The van der Waals surface area contributed by atoms with Crippen molar-refractivity contribution in [2.45, 2.75) is 18.8 Å². The molecule has 0 radical (unpaired) electrons. The van der Waals surface area contributed by atoms with Gasteiger partial charge in [-0.3, -0.25) is 10.1 Å². The Morgan fingerprint density at radius 3 is 3.05 bits per heavy atom. The number of amides is 1. The number of nitrogens with zero attached hydrogens (tertiary/aromatic N) is 1. The van der Waals surface area contributed by atoms with Gasteiger partial charge in [0.05, 0.1) is 6.04 Å². The number of thioether (sulfide) groups is 1. The molecule has 0 bridgehead atoms. The standard InChI is InChI=1S/C12H14F3N3O2S/c13-12(14,15)6-20-10-3-8(1-2-16-10)4-17-11(19)9-5-21-7-18-9/h1-3,9,18H,4-7H2,(H,17,19). The van der Waals surface area contributed by atoms with E-state index in [2.05, 4.69) is 20.4 Å². The molecule has 2 N–H and O–H groups in total. The highest BCUT2D eigenvalue weighted by atomic mass is 32.2. The summed E-state index contributed by atoms with van der Waals surface area (Å²) in [6.45, 7) is -1.17. The van der Waals surface area contributed by atoms with E-state index in [9.17, 15) is 18.0 Å². The van der Waals surface area contributed by atoms with Gasteiger partial charge in [0.2, 0.25) is 11.8 Å². The Balaban J connectivity index is 1.84. The van der Waals surface area contributed by atoms with E-state index in [1.165, 1.54) is 12.3 Å². The molecule has 1 unspecified atom stereocenters. The van der Waals surface area contributed by atoms with E-state index in [4.69, 9.17) is 0 Å². The summed E-state index contributed by atoms with van der Waals surface area (Å²) < 4.78 is 40.7. The molecule has 116 valence electrons. The lowest BCUT2D eigenvalue weighted by Gasteiger charge is -2.12. The molecular weight excluding hydrogens is 307 g/mol. The Morgan fingerprint density at radius 2 is 2.38 bits per heavy atom. The number of carbonyl (C=O) groups is 1.